The van der Waals surface area contributed by atoms with Crippen LogP contribution in [0, 0.1) is 0 Å². The number of halogens is 1. The third-order valence-electron chi connectivity index (χ3n) is 4.47. The maximum absolute atomic E-state index is 12.3. The fourth-order valence-electron chi connectivity index (χ4n) is 3.08. The molecule has 1 aromatic carbocycles. The van der Waals surface area contributed by atoms with Gasteiger partial charge in [-0.2, -0.15) is 0 Å². The van der Waals surface area contributed by atoms with Gasteiger partial charge in [0, 0.05) is 41.3 Å². The minimum atomic E-state index is -0.801. The number of nitrogens with zero attached hydrogens (tertiary/aromatic N) is 2. The van der Waals surface area contributed by atoms with E-state index in [0.717, 1.165) is 28.5 Å². The number of carboxylic acids is 1. The van der Waals surface area contributed by atoms with E-state index in [1.807, 2.05) is 41.0 Å². The monoisotopic (exact) mass is 399 g/mol. The number of amides is 2. The second-order valence-corrected chi connectivity index (χ2v) is 7.81. The molecule has 0 spiro atoms. The Morgan fingerprint density at radius 3 is 2.54 bits per heavy atom. The van der Waals surface area contributed by atoms with Gasteiger partial charge in [0.05, 0.1) is 6.54 Å². The molecular formula is C18H26ClN3O3S. The van der Waals surface area contributed by atoms with Crippen LogP contribution < -0.4 is 5.32 Å². The van der Waals surface area contributed by atoms with Gasteiger partial charge >= 0.3 is 12.0 Å². The summed E-state index contributed by atoms with van der Waals surface area (Å²) in [5.74, 6) is -0.00305. The van der Waals surface area contributed by atoms with Gasteiger partial charge in [0.15, 0.2) is 0 Å². The SMILES string of the molecule is CCN(CC(=O)O)C1CCN(C(=O)NCCSc2ccc(Cl)cc2)CC1. The van der Waals surface area contributed by atoms with Crippen molar-refractivity contribution in [2.75, 3.05) is 38.5 Å². The highest BCUT2D eigenvalue weighted by Crippen LogP contribution is 2.20. The summed E-state index contributed by atoms with van der Waals surface area (Å²) in [6.07, 6.45) is 1.63. The maximum Gasteiger partial charge on any atom is 0.317 e. The summed E-state index contributed by atoms with van der Waals surface area (Å²) < 4.78 is 0. The summed E-state index contributed by atoms with van der Waals surface area (Å²) in [6, 6.07) is 7.85. The van der Waals surface area contributed by atoms with Gasteiger partial charge < -0.3 is 15.3 Å². The first-order chi connectivity index (χ1) is 12.5. The van der Waals surface area contributed by atoms with Crippen LogP contribution in [0.3, 0.4) is 0 Å². The number of piperidine rings is 1. The molecular weight excluding hydrogens is 374 g/mol. The zero-order chi connectivity index (χ0) is 18.9. The highest BCUT2D eigenvalue weighted by molar-refractivity contribution is 7.99. The number of carbonyl (C=O) groups is 2. The third-order valence-corrected chi connectivity index (χ3v) is 5.74. The number of likely N-dealkylation sites (N-methyl/N-ethyl adjacent to an activating group) is 1. The van der Waals surface area contributed by atoms with Crippen molar-refractivity contribution in [3.8, 4) is 0 Å². The van der Waals surface area contributed by atoms with Gasteiger partial charge in [-0.15, -0.1) is 11.8 Å². The molecule has 26 heavy (non-hydrogen) atoms. The van der Waals surface area contributed by atoms with E-state index in [1.54, 1.807) is 11.8 Å². The van der Waals surface area contributed by atoms with Crippen LogP contribution in [0.1, 0.15) is 19.8 Å². The first kappa shape index (κ1) is 20.9. The fraction of sp³-hybridized carbons (Fsp3) is 0.556. The van der Waals surface area contributed by atoms with Gasteiger partial charge in [-0.05, 0) is 43.7 Å². The van der Waals surface area contributed by atoms with Crippen LogP contribution in [0.15, 0.2) is 29.2 Å². The molecule has 0 radical (unpaired) electrons. The van der Waals surface area contributed by atoms with E-state index in [0.29, 0.717) is 26.2 Å². The number of urea groups is 1. The Labute approximate surface area is 163 Å². The van der Waals surface area contributed by atoms with Crippen molar-refractivity contribution in [1.29, 1.82) is 0 Å². The molecule has 8 heteroatoms. The predicted octanol–water partition coefficient (Wildman–Crippen LogP) is 3.01. The van der Waals surface area contributed by atoms with Crippen LogP contribution in [0.5, 0.6) is 0 Å². The summed E-state index contributed by atoms with van der Waals surface area (Å²) in [7, 11) is 0. The first-order valence-electron chi connectivity index (χ1n) is 8.86. The molecule has 1 saturated heterocycles. The molecule has 1 aliphatic heterocycles. The van der Waals surface area contributed by atoms with Crippen molar-refractivity contribution >= 4 is 35.4 Å². The summed E-state index contributed by atoms with van der Waals surface area (Å²) in [4.78, 5) is 28.1. The van der Waals surface area contributed by atoms with Crippen molar-refractivity contribution in [3.05, 3.63) is 29.3 Å². The maximum atomic E-state index is 12.3. The predicted molar refractivity (Wildman–Crippen MR) is 105 cm³/mol. The van der Waals surface area contributed by atoms with Crippen LogP contribution in [0.4, 0.5) is 4.79 Å². The van der Waals surface area contributed by atoms with Gasteiger partial charge in [0.2, 0.25) is 0 Å². The molecule has 1 heterocycles. The lowest BCUT2D eigenvalue weighted by Crippen LogP contribution is -2.50. The molecule has 0 unspecified atom stereocenters. The smallest absolute Gasteiger partial charge is 0.317 e. The van der Waals surface area contributed by atoms with E-state index in [9.17, 15) is 9.59 Å². The Kier molecular flexibility index (Phi) is 8.54. The summed E-state index contributed by atoms with van der Waals surface area (Å²) >= 11 is 7.54. The Morgan fingerprint density at radius 1 is 1.31 bits per heavy atom. The number of rotatable bonds is 8. The molecule has 6 nitrogen and oxygen atoms in total. The van der Waals surface area contributed by atoms with Crippen LogP contribution in [-0.4, -0.2) is 71.4 Å². The second-order valence-electron chi connectivity index (χ2n) is 6.21. The van der Waals surface area contributed by atoms with E-state index in [2.05, 4.69) is 5.32 Å². The first-order valence-corrected chi connectivity index (χ1v) is 10.2. The Bertz CT molecular complexity index is 592. The van der Waals surface area contributed by atoms with Crippen molar-refractivity contribution in [1.82, 2.24) is 15.1 Å². The van der Waals surface area contributed by atoms with E-state index >= 15 is 0 Å². The third kappa shape index (κ3) is 6.70. The summed E-state index contributed by atoms with van der Waals surface area (Å²) in [6.45, 7) is 4.68. The minimum absolute atomic E-state index is 0.0403. The molecule has 0 aromatic heterocycles. The van der Waals surface area contributed by atoms with Crippen molar-refractivity contribution in [2.24, 2.45) is 0 Å². The van der Waals surface area contributed by atoms with E-state index in [-0.39, 0.29) is 18.6 Å². The van der Waals surface area contributed by atoms with E-state index < -0.39 is 5.97 Å². The number of likely N-dealkylation sites (tertiary alicyclic amines) is 1. The number of thioether (sulfide) groups is 1. The number of benzene rings is 1. The standard InChI is InChI=1S/C18H26ClN3O3S/c1-2-21(13-17(23)24)15-7-10-22(11-8-15)18(25)20-9-12-26-16-5-3-14(19)4-6-16/h3-6,15H,2,7-13H2,1H3,(H,20,25)(H,23,24). The highest BCUT2D eigenvalue weighted by Gasteiger charge is 2.26. The number of nitrogens with one attached hydrogen (secondary N) is 1. The average molecular weight is 400 g/mol. The molecule has 2 N–H and O–H groups in total. The van der Waals surface area contributed by atoms with Gasteiger partial charge in [0.25, 0.3) is 0 Å². The number of hydrogen-bond donors (Lipinski definition) is 2. The summed E-state index contributed by atoms with van der Waals surface area (Å²) in [5.41, 5.74) is 0. The molecule has 1 aromatic rings. The number of aliphatic carboxylic acids is 1. The lowest BCUT2D eigenvalue weighted by atomic mass is 10.0. The van der Waals surface area contributed by atoms with Gasteiger partial charge in [0.1, 0.15) is 0 Å². The second kappa shape index (κ2) is 10.6. The zero-order valence-corrected chi connectivity index (χ0v) is 16.6. The van der Waals surface area contributed by atoms with E-state index in [1.165, 1.54) is 0 Å². The van der Waals surface area contributed by atoms with Gasteiger partial charge in [-0.3, -0.25) is 9.69 Å². The summed E-state index contributed by atoms with van der Waals surface area (Å²) in [5, 5.41) is 12.7. The van der Waals surface area contributed by atoms with Crippen LogP contribution in [-0.2, 0) is 4.79 Å². The molecule has 2 amide bonds. The van der Waals surface area contributed by atoms with Crippen LogP contribution in [0.2, 0.25) is 5.02 Å². The lowest BCUT2D eigenvalue weighted by molar-refractivity contribution is -0.139. The quantitative estimate of drug-likeness (QED) is 0.519. The normalized spacial score (nSPS) is 15.3. The molecule has 144 valence electrons. The van der Waals surface area contributed by atoms with Crippen molar-refractivity contribution in [2.45, 2.75) is 30.7 Å². The van der Waals surface area contributed by atoms with Crippen LogP contribution >= 0.6 is 23.4 Å². The molecule has 0 aliphatic carbocycles. The van der Waals surface area contributed by atoms with Crippen molar-refractivity contribution in [3.63, 3.8) is 0 Å². The Hall–Kier alpha value is -1.44. The fourth-order valence-corrected chi connectivity index (χ4v) is 3.97. The number of hydrogen-bond acceptors (Lipinski definition) is 4. The zero-order valence-electron chi connectivity index (χ0n) is 15.0. The molecule has 0 bridgehead atoms. The number of carbonyl (C=O) groups excluding carboxylic acids is 1. The Morgan fingerprint density at radius 2 is 1.96 bits per heavy atom. The van der Waals surface area contributed by atoms with Gasteiger partial charge in [-0.25, -0.2) is 4.79 Å². The topological polar surface area (TPSA) is 72.9 Å². The molecule has 0 saturated carbocycles. The Balaban J connectivity index is 1.66. The highest BCUT2D eigenvalue weighted by atomic mass is 35.5. The average Bonchev–Trinajstić information content (AvgIpc) is 2.64. The lowest BCUT2D eigenvalue weighted by Gasteiger charge is -2.37. The van der Waals surface area contributed by atoms with Gasteiger partial charge in [-0.1, -0.05) is 18.5 Å². The molecule has 0 atom stereocenters. The molecule has 1 aliphatic rings. The number of carboxylic acid groups (broad SMARTS) is 1. The minimum Gasteiger partial charge on any atom is -0.480 e. The van der Waals surface area contributed by atoms with Crippen molar-refractivity contribution < 1.29 is 14.7 Å². The largest absolute Gasteiger partial charge is 0.480 e. The molecule has 2 rings (SSSR count). The van der Waals surface area contributed by atoms with E-state index in [4.69, 9.17) is 16.7 Å². The molecule has 1 fully saturated rings. The van der Waals surface area contributed by atoms with Crippen LogP contribution in [0.25, 0.3) is 0 Å².